The van der Waals surface area contributed by atoms with Crippen molar-refractivity contribution in [2.45, 2.75) is 18.9 Å². The number of nitrogens with one attached hydrogen (secondary N) is 2. The summed E-state index contributed by atoms with van der Waals surface area (Å²) < 4.78 is 10.8. The summed E-state index contributed by atoms with van der Waals surface area (Å²) in [6.07, 6.45) is 2.16. The summed E-state index contributed by atoms with van der Waals surface area (Å²) >= 11 is 0. The van der Waals surface area contributed by atoms with Gasteiger partial charge in [-0.15, -0.1) is 0 Å². The Bertz CT molecular complexity index is 569. The fourth-order valence-electron chi connectivity index (χ4n) is 3.08. The standard InChI is InChI=1S/C19H33N5O2/c1-20-19(21-8-6-9-23(2)3)22-15-7-10-24(14-15)16-11-17(25-4)13-18(12-16)26-5/h11-13,15H,6-10,14H2,1-5H3,(H2,20,21,22). The van der Waals surface area contributed by atoms with Gasteiger partial charge in [0.25, 0.3) is 0 Å². The molecular formula is C19H33N5O2. The van der Waals surface area contributed by atoms with Gasteiger partial charge in [0, 0.05) is 56.6 Å². The molecule has 0 radical (unpaired) electrons. The minimum absolute atomic E-state index is 0.368. The van der Waals surface area contributed by atoms with Crippen LogP contribution in [0.2, 0.25) is 0 Å². The van der Waals surface area contributed by atoms with Crippen LogP contribution in [0.4, 0.5) is 5.69 Å². The highest BCUT2D eigenvalue weighted by Crippen LogP contribution is 2.30. The lowest BCUT2D eigenvalue weighted by Crippen LogP contribution is -2.45. The second kappa shape index (κ2) is 10.1. The quantitative estimate of drug-likeness (QED) is 0.414. The van der Waals surface area contributed by atoms with E-state index in [2.05, 4.69) is 51.7 Å². The smallest absolute Gasteiger partial charge is 0.191 e. The number of hydrogen-bond acceptors (Lipinski definition) is 5. The van der Waals surface area contributed by atoms with Crippen molar-refractivity contribution >= 4 is 11.6 Å². The van der Waals surface area contributed by atoms with Crippen LogP contribution in [0.15, 0.2) is 23.2 Å². The van der Waals surface area contributed by atoms with Crippen LogP contribution in [0.1, 0.15) is 12.8 Å². The Balaban J connectivity index is 1.87. The Kier molecular flexibility index (Phi) is 7.84. The van der Waals surface area contributed by atoms with E-state index in [0.717, 1.165) is 62.2 Å². The molecule has 26 heavy (non-hydrogen) atoms. The summed E-state index contributed by atoms with van der Waals surface area (Å²) in [4.78, 5) is 8.88. The first-order valence-electron chi connectivity index (χ1n) is 9.15. The largest absolute Gasteiger partial charge is 0.497 e. The Hall–Kier alpha value is -2.15. The number of benzene rings is 1. The molecule has 146 valence electrons. The number of rotatable bonds is 8. The average molecular weight is 364 g/mol. The van der Waals surface area contributed by atoms with E-state index in [9.17, 15) is 0 Å². The van der Waals surface area contributed by atoms with Crippen LogP contribution in [-0.4, -0.2) is 78.4 Å². The van der Waals surface area contributed by atoms with Crippen LogP contribution in [0.5, 0.6) is 11.5 Å². The van der Waals surface area contributed by atoms with Gasteiger partial charge >= 0.3 is 0 Å². The van der Waals surface area contributed by atoms with Gasteiger partial charge < -0.3 is 29.9 Å². The van der Waals surface area contributed by atoms with Crippen molar-refractivity contribution in [1.82, 2.24) is 15.5 Å². The van der Waals surface area contributed by atoms with Crippen LogP contribution < -0.4 is 25.0 Å². The van der Waals surface area contributed by atoms with Gasteiger partial charge in [-0.3, -0.25) is 4.99 Å². The third-order valence-corrected chi connectivity index (χ3v) is 4.53. The van der Waals surface area contributed by atoms with Crippen LogP contribution in [0.3, 0.4) is 0 Å². The van der Waals surface area contributed by atoms with Crippen molar-refractivity contribution in [3.05, 3.63) is 18.2 Å². The Morgan fingerprint density at radius 2 is 1.92 bits per heavy atom. The molecule has 0 aromatic heterocycles. The number of methoxy groups -OCH3 is 2. The van der Waals surface area contributed by atoms with Crippen molar-refractivity contribution in [3.63, 3.8) is 0 Å². The van der Waals surface area contributed by atoms with Gasteiger partial charge in [0.1, 0.15) is 11.5 Å². The molecular weight excluding hydrogens is 330 g/mol. The number of aliphatic imine (C=N–C) groups is 1. The van der Waals surface area contributed by atoms with E-state index in [-0.39, 0.29) is 0 Å². The van der Waals surface area contributed by atoms with Crippen molar-refractivity contribution < 1.29 is 9.47 Å². The lowest BCUT2D eigenvalue weighted by molar-refractivity contribution is 0.394. The van der Waals surface area contributed by atoms with E-state index in [1.807, 2.05) is 13.1 Å². The number of hydrogen-bond donors (Lipinski definition) is 2. The lowest BCUT2D eigenvalue weighted by Gasteiger charge is -2.21. The van der Waals surface area contributed by atoms with E-state index >= 15 is 0 Å². The van der Waals surface area contributed by atoms with E-state index in [0.29, 0.717) is 6.04 Å². The predicted octanol–water partition coefficient (Wildman–Crippen LogP) is 1.40. The molecule has 1 saturated heterocycles. The number of nitrogens with zero attached hydrogens (tertiary/aromatic N) is 3. The van der Waals surface area contributed by atoms with E-state index in [1.54, 1.807) is 14.2 Å². The molecule has 0 aliphatic carbocycles. The predicted molar refractivity (Wildman–Crippen MR) is 108 cm³/mol. The van der Waals surface area contributed by atoms with Crippen molar-refractivity contribution in [1.29, 1.82) is 0 Å². The molecule has 1 aromatic rings. The normalized spacial score (nSPS) is 17.5. The molecule has 2 N–H and O–H groups in total. The highest BCUT2D eigenvalue weighted by Gasteiger charge is 2.24. The van der Waals surface area contributed by atoms with Crippen molar-refractivity contribution in [2.24, 2.45) is 4.99 Å². The summed E-state index contributed by atoms with van der Waals surface area (Å²) in [6.45, 7) is 3.90. The molecule has 0 amide bonds. The van der Waals surface area contributed by atoms with Gasteiger partial charge in [0.2, 0.25) is 0 Å². The second-order valence-corrected chi connectivity index (χ2v) is 6.80. The summed E-state index contributed by atoms with van der Waals surface area (Å²) in [5.74, 6) is 2.50. The first-order chi connectivity index (χ1) is 12.5. The molecule has 1 aromatic carbocycles. The van der Waals surface area contributed by atoms with Gasteiger partial charge in [-0.05, 0) is 33.5 Å². The van der Waals surface area contributed by atoms with Crippen LogP contribution >= 0.6 is 0 Å². The zero-order valence-electron chi connectivity index (χ0n) is 16.7. The SMILES string of the molecule is CN=C(NCCCN(C)C)NC1CCN(c2cc(OC)cc(OC)c2)C1. The van der Waals surface area contributed by atoms with Gasteiger partial charge in [-0.1, -0.05) is 0 Å². The van der Waals surface area contributed by atoms with Crippen LogP contribution in [0, 0.1) is 0 Å². The maximum absolute atomic E-state index is 5.38. The molecule has 0 spiro atoms. The molecule has 7 heteroatoms. The topological polar surface area (TPSA) is 61.4 Å². The Labute approximate surface area is 157 Å². The fraction of sp³-hybridized carbons (Fsp3) is 0.632. The minimum atomic E-state index is 0.368. The highest BCUT2D eigenvalue weighted by atomic mass is 16.5. The van der Waals surface area contributed by atoms with Crippen LogP contribution in [-0.2, 0) is 0 Å². The molecule has 0 saturated carbocycles. The van der Waals surface area contributed by atoms with Crippen molar-refractivity contribution in [3.8, 4) is 11.5 Å². The summed E-state index contributed by atoms with van der Waals surface area (Å²) in [5, 5.41) is 6.93. The van der Waals surface area contributed by atoms with Crippen LogP contribution in [0.25, 0.3) is 0 Å². The first kappa shape index (κ1) is 20.2. The van der Waals surface area contributed by atoms with E-state index in [1.165, 1.54) is 0 Å². The van der Waals surface area contributed by atoms with Gasteiger partial charge in [0.05, 0.1) is 14.2 Å². The molecule has 1 aliphatic heterocycles. The molecule has 1 fully saturated rings. The third-order valence-electron chi connectivity index (χ3n) is 4.53. The summed E-state index contributed by atoms with van der Waals surface area (Å²) in [6, 6.07) is 6.38. The number of guanidine groups is 1. The third kappa shape index (κ3) is 5.98. The first-order valence-corrected chi connectivity index (χ1v) is 9.15. The maximum atomic E-state index is 5.38. The average Bonchev–Trinajstić information content (AvgIpc) is 3.12. The highest BCUT2D eigenvalue weighted by molar-refractivity contribution is 5.80. The Morgan fingerprint density at radius 3 is 2.50 bits per heavy atom. The molecule has 1 heterocycles. The monoisotopic (exact) mass is 363 g/mol. The van der Waals surface area contributed by atoms with E-state index in [4.69, 9.17) is 9.47 Å². The molecule has 7 nitrogen and oxygen atoms in total. The van der Waals surface area contributed by atoms with Gasteiger partial charge in [0.15, 0.2) is 5.96 Å². The molecule has 2 rings (SSSR count). The fourth-order valence-corrected chi connectivity index (χ4v) is 3.08. The second-order valence-electron chi connectivity index (χ2n) is 6.80. The molecule has 1 unspecified atom stereocenters. The number of anilines is 1. The molecule has 1 aliphatic rings. The van der Waals surface area contributed by atoms with Gasteiger partial charge in [-0.2, -0.15) is 0 Å². The summed E-state index contributed by atoms with van der Waals surface area (Å²) in [5.41, 5.74) is 1.12. The van der Waals surface area contributed by atoms with Gasteiger partial charge in [-0.25, -0.2) is 0 Å². The molecule has 0 bridgehead atoms. The number of ether oxygens (including phenoxy) is 2. The molecule has 1 atom stereocenters. The van der Waals surface area contributed by atoms with E-state index < -0.39 is 0 Å². The lowest BCUT2D eigenvalue weighted by atomic mass is 10.2. The zero-order valence-corrected chi connectivity index (χ0v) is 16.7. The maximum Gasteiger partial charge on any atom is 0.191 e. The summed E-state index contributed by atoms with van der Waals surface area (Å²) in [7, 11) is 9.36. The Morgan fingerprint density at radius 1 is 1.23 bits per heavy atom. The van der Waals surface area contributed by atoms with Crippen molar-refractivity contribution in [2.75, 3.05) is 66.4 Å². The minimum Gasteiger partial charge on any atom is -0.497 e. The zero-order chi connectivity index (χ0) is 18.9.